The third-order valence-corrected chi connectivity index (χ3v) is 6.04. The summed E-state index contributed by atoms with van der Waals surface area (Å²) in [7, 11) is 0. The highest BCUT2D eigenvalue weighted by Gasteiger charge is 2.31. The predicted octanol–water partition coefficient (Wildman–Crippen LogP) is 4.06. The van der Waals surface area contributed by atoms with Crippen molar-refractivity contribution in [1.82, 2.24) is 9.88 Å². The number of pyridine rings is 1. The van der Waals surface area contributed by atoms with Crippen LogP contribution >= 0.6 is 0 Å². The average Bonchev–Trinajstić information content (AvgIpc) is 3.11. The number of halogens is 1. The van der Waals surface area contributed by atoms with Crippen LogP contribution in [0.2, 0.25) is 0 Å². The van der Waals surface area contributed by atoms with Gasteiger partial charge in [-0.15, -0.1) is 0 Å². The van der Waals surface area contributed by atoms with E-state index < -0.39 is 0 Å². The summed E-state index contributed by atoms with van der Waals surface area (Å²) >= 11 is 0. The lowest BCUT2D eigenvalue weighted by Crippen LogP contribution is -2.44. The number of aromatic nitrogens is 1. The SMILES string of the molecule is Cc1cc(F)ccc1N1CCC(N2CCC(Cc3cccnc3)C2)CC1. The zero-order chi connectivity index (χ0) is 17.9. The van der Waals surface area contributed by atoms with Crippen molar-refractivity contribution in [3.05, 3.63) is 59.7 Å². The molecule has 4 rings (SSSR count). The van der Waals surface area contributed by atoms with Gasteiger partial charge in [-0.25, -0.2) is 4.39 Å². The molecule has 0 saturated carbocycles. The molecule has 0 spiro atoms. The fraction of sp³-hybridized carbons (Fsp3) is 0.500. The second-order valence-electron chi connectivity index (χ2n) is 7.86. The summed E-state index contributed by atoms with van der Waals surface area (Å²) in [5.41, 5.74) is 3.60. The normalized spacial score (nSPS) is 22.1. The lowest BCUT2D eigenvalue weighted by atomic mass is 9.99. The van der Waals surface area contributed by atoms with Crippen molar-refractivity contribution in [1.29, 1.82) is 0 Å². The van der Waals surface area contributed by atoms with Crippen LogP contribution < -0.4 is 4.90 Å². The Bertz CT molecular complexity index is 725. The van der Waals surface area contributed by atoms with Crippen molar-refractivity contribution in [2.45, 2.75) is 38.6 Å². The monoisotopic (exact) mass is 353 g/mol. The highest BCUT2D eigenvalue weighted by molar-refractivity contribution is 5.53. The summed E-state index contributed by atoms with van der Waals surface area (Å²) in [6.45, 7) is 6.59. The van der Waals surface area contributed by atoms with E-state index in [-0.39, 0.29) is 5.82 Å². The van der Waals surface area contributed by atoms with Crippen LogP contribution in [0.3, 0.4) is 0 Å². The Morgan fingerprint density at radius 1 is 1.12 bits per heavy atom. The first-order chi connectivity index (χ1) is 12.7. The van der Waals surface area contributed by atoms with E-state index in [4.69, 9.17) is 0 Å². The van der Waals surface area contributed by atoms with Gasteiger partial charge in [-0.2, -0.15) is 0 Å². The van der Waals surface area contributed by atoms with E-state index in [9.17, 15) is 4.39 Å². The Balaban J connectivity index is 1.30. The quantitative estimate of drug-likeness (QED) is 0.826. The second kappa shape index (κ2) is 7.75. The molecular formula is C22H28FN3. The molecule has 1 aromatic carbocycles. The van der Waals surface area contributed by atoms with Gasteiger partial charge in [0.1, 0.15) is 5.82 Å². The fourth-order valence-corrected chi connectivity index (χ4v) is 4.66. The Hall–Kier alpha value is -1.94. The largest absolute Gasteiger partial charge is 0.371 e. The third kappa shape index (κ3) is 3.90. The van der Waals surface area contributed by atoms with Crippen molar-refractivity contribution >= 4 is 5.69 Å². The van der Waals surface area contributed by atoms with E-state index in [0.717, 1.165) is 31.0 Å². The van der Waals surface area contributed by atoms with Gasteiger partial charge in [0, 0.05) is 43.8 Å². The molecule has 0 amide bonds. The number of hydrogen-bond acceptors (Lipinski definition) is 3. The van der Waals surface area contributed by atoms with Gasteiger partial charge in [0.05, 0.1) is 0 Å². The highest BCUT2D eigenvalue weighted by atomic mass is 19.1. The summed E-state index contributed by atoms with van der Waals surface area (Å²) in [6, 6.07) is 10.1. The van der Waals surface area contributed by atoms with E-state index in [1.807, 2.05) is 31.5 Å². The Kier molecular flexibility index (Phi) is 5.21. The van der Waals surface area contributed by atoms with E-state index in [1.165, 1.54) is 43.6 Å². The molecule has 2 aliphatic heterocycles. The zero-order valence-corrected chi connectivity index (χ0v) is 15.6. The van der Waals surface area contributed by atoms with Gasteiger partial charge in [-0.3, -0.25) is 9.88 Å². The van der Waals surface area contributed by atoms with Crippen LogP contribution in [0.1, 0.15) is 30.4 Å². The van der Waals surface area contributed by atoms with E-state index >= 15 is 0 Å². The number of nitrogens with zero attached hydrogens (tertiary/aromatic N) is 3. The van der Waals surface area contributed by atoms with Gasteiger partial charge >= 0.3 is 0 Å². The van der Waals surface area contributed by atoms with Crippen molar-refractivity contribution < 1.29 is 4.39 Å². The molecule has 2 aromatic rings. The lowest BCUT2D eigenvalue weighted by molar-refractivity contribution is 0.200. The first kappa shape index (κ1) is 17.5. The van der Waals surface area contributed by atoms with Gasteiger partial charge in [-0.1, -0.05) is 6.07 Å². The Morgan fingerprint density at radius 2 is 1.96 bits per heavy atom. The van der Waals surface area contributed by atoms with Crippen molar-refractivity contribution in [3.63, 3.8) is 0 Å². The number of hydrogen-bond donors (Lipinski definition) is 0. The predicted molar refractivity (Wildman–Crippen MR) is 104 cm³/mol. The van der Waals surface area contributed by atoms with Gasteiger partial charge in [0.15, 0.2) is 0 Å². The maximum atomic E-state index is 13.3. The molecule has 1 atom stereocenters. The van der Waals surface area contributed by atoms with Gasteiger partial charge in [-0.05, 0) is 80.5 Å². The van der Waals surface area contributed by atoms with E-state index in [2.05, 4.69) is 20.9 Å². The van der Waals surface area contributed by atoms with Crippen LogP contribution in [-0.4, -0.2) is 42.1 Å². The molecule has 0 aliphatic carbocycles. The summed E-state index contributed by atoms with van der Waals surface area (Å²) < 4.78 is 13.3. The highest BCUT2D eigenvalue weighted by Crippen LogP contribution is 2.29. The molecule has 26 heavy (non-hydrogen) atoms. The van der Waals surface area contributed by atoms with Gasteiger partial charge in [0.25, 0.3) is 0 Å². The average molecular weight is 353 g/mol. The molecule has 2 aliphatic rings. The van der Waals surface area contributed by atoms with Crippen LogP contribution in [0, 0.1) is 18.7 Å². The zero-order valence-electron chi connectivity index (χ0n) is 15.6. The molecule has 0 bridgehead atoms. The van der Waals surface area contributed by atoms with Gasteiger partial charge < -0.3 is 4.90 Å². The fourth-order valence-electron chi connectivity index (χ4n) is 4.66. The minimum absolute atomic E-state index is 0.141. The third-order valence-electron chi connectivity index (χ3n) is 6.04. The Morgan fingerprint density at radius 3 is 2.69 bits per heavy atom. The number of anilines is 1. The smallest absolute Gasteiger partial charge is 0.123 e. The molecule has 2 saturated heterocycles. The molecule has 0 radical (unpaired) electrons. The number of benzene rings is 1. The minimum atomic E-state index is -0.141. The molecule has 1 aromatic heterocycles. The van der Waals surface area contributed by atoms with Crippen molar-refractivity contribution in [2.24, 2.45) is 5.92 Å². The standard InChI is InChI=1S/C22H28FN3/c1-17-13-20(23)4-5-22(17)25-11-7-21(8-12-25)26-10-6-19(16-26)14-18-3-2-9-24-15-18/h2-5,9,13,15,19,21H,6-8,10-12,14,16H2,1H3. The number of likely N-dealkylation sites (tertiary alicyclic amines) is 1. The molecule has 1 unspecified atom stereocenters. The second-order valence-corrected chi connectivity index (χ2v) is 7.86. The molecule has 138 valence electrons. The van der Waals surface area contributed by atoms with Crippen molar-refractivity contribution in [3.8, 4) is 0 Å². The number of aryl methyl sites for hydroxylation is 1. The van der Waals surface area contributed by atoms with Crippen LogP contribution in [0.4, 0.5) is 10.1 Å². The van der Waals surface area contributed by atoms with Crippen LogP contribution in [-0.2, 0) is 6.42 Å². The molecule has 0 N–H and O–H groups in total. The first-order valence-corrected chi connectivity index (χ1v) is 9.83. The number of piperidine rings is 1. The lowest BCUT2D eigenvalue weighted by Gasteiger charge is -2.38. The van der Waals surface area contributed by atoms with Crippen molar-refractivity contribution in [2.75, 3.05) is 31.1 Å². The van der Waals surface area contributed by atoms with E-state index in [1.54, 1.807) is 12.1 Å². The first-order valence-electron chi connectivity index (χ1n) is 9.83. The summed E-state index contributed by atoms with van der Waals surface area (Å²) in [6.07, 6.45) is 8.71. The molecule has 4 heteroatoms. The maximum Gasteiger partial charge on any atom is 0.123 e. The summed E-state index contributed by atoms with van der Waals surface area (Å²) in [5.74, 6) is 0.620. The molecular weight excluding hydrogens is 325 g/mol. The Labute approximate surface area is 155 Å². The molecule has 2 fully saturated rings. The maximum absolute atomic E-state index is 13.3. The van der Waals surface area contributed by atoms with Gasteiger partial charge in [0.2, 0.25) is 0 Å². The van der Waals surface area contributed by atoms with Crippen LogP contribution in [0.15, 0.2) is 42.7 Å². The topological polar surface area (TPSA) is 19.4 Å². The minimum Gasteiger partial charge on any atom is -0.371 e. The van der Waals surface area contributed by atoms with Crippen LogP contribution in [0.25, 0.3) is 0 Å². The summed E-state index contributed by atoms with van der Waals surface area (Å²) in [4.78, 5) is 9.37. The molecule has 3 nitrogen and oxygen atoms in total. The van der Waals surface area contributed by atoms with E-state index in [0.29, 0.717) is 6.04 Å². The number of rotatable bonds is 4. The summed E-state index contributed by atoms with van der Waals surface area (Å²) in [5, 5.41) is 0. The van der Waals surface area contributed by atoms with Crippen LogP contribution in [0.5, 0.6) is 0 Å². The molecule has 3 heterocycles.